The van der Waals surface area contributed by atoms with E-state index >= 15 is 0 Å². The number of aromatic nitrogens is 2. The lowest BCUT2D eigenvalue weighted by Crippen LogP contribution is -2.58. The van der Waals surface area contributed by atoms with Crippen LogP contribution in [-0.4, -0.2) is 47.6 Å². The molecule has 2 atom stereocenters. The van der Waals surface area contributed by atoms with Crippen molar-refractivity contribution >= 4 is 17.5 Å². The van der Waals surface area contributed by atoms with Gasteiger partial charge in [0.2, 0.25) is 0 Å². The van der Waals surface area contributed by atoms with Crippen LogP contribution in [0.3, 0.4) is 0 Å². The number of hydrogen-bond donors (Lipinski definition) is 4. The lowest BCUT2D eigenvalue weighted by atomic mass is 10.0. The number of aromatic amines is 1. The lowest BCUT2D eigenvalue weighted by Gasteiger charge is -2.33. The molecule has 1 aromatic heterocycles. The van der Waals surface area contributed by atoms with E-state index in [-0.39, 0.29) is 18.0 Å². The minimum absolute atomic E-state index is 0.109. The molecule has 1 aromatic rings. The zero-order valence-corrected chi connectivity index (χ0v) is 12.7. The van der Waals surface area contributed by atoms with Gasteiger partial charge in [-0.1, -0.05) is 25.4 Å². The molecule has 1 amide bonds. The van der Waals surface area contributed by atoms with Crippen LogP contribution in [0.1, 0.15) is 36.6 Å². The third kappa shape index (κ3) is 3.50. The first-order valence-corrected chi connectivity index (χ1v) is 7.52. The summed E-state index contributed by atoms with van der Waals surface area (Å²) in [4.78, 5) is 19.3. The maximum atomic E-state index is 12.2. The molecule has 1 aliphatic rings. The molecule has 4 N–H and O–H groups in total. The van der Waals surface area contributed by atoms with Gasteiger partial charge in [-0.15, -0.1) is 0 Å². The largest absolute Gasteiger partial charge is 0.345 e. The summed E-state index contributed by atoms with van der Waals surface area (Å²) in [5.74, 6) is 0.0991. The Morgan fingerprint density at radius 1 is 1.45 bits per heavy atom. The molecular formula is C13H22ClN5O. The molecule has 1 saturated heterocycles. The lowest BCUT2D eigenvalue weighted by molar-refractivity contribution is 0.0909. The Labute approximate surface area is 124 Å². The first kappa shape index (κ1) is 15.3. The van der Waals surface area contributed by atoms with E-state index in [9.17, 15) is 4.79 Å². The highest BCUT2D eigenvalue weighted by atomic mass is 35.5. The number of piperidine rings is 1. The second-order valence-electron chi connectivity index (χ2n) is 4.95. The number of carbonyl (C=O) groups excluding carboxylic acids is 1. The number of aryl methyl sites for hydroxylation is 1. The molecule has 6 nitrogen and oxygen atoms in total. The van der Waals surface area contributed by atoms with Crippen LogP contribution in [0.5, 0.6) is 0 Å². The quantitative estimate of drug-likeness (QED) is 0.645. The minimum Gasteiger partial charge on any atom is -0.345 e. The van der Waals surface area contributed by atoms with Gasteiger partial charge in [0.25, 0.3) is 5.91 Å². The predicted octanol–water partition coefficient (Wildman–Crippen LogP) is 0.695. The Morgan fingerprint density at radius 3 is 2.90 bits per heavy atom. The number of H-pyrrole nitrogens is 1. The molecule has 1 aliphatic heterocycles. The summed E-state index contributed by atoms with van der Waals surface area (Å²) in [5.41, 5.74) is 0.797. The van der Waals surface area contributed by atoms with E-state index in [1.807, 2.05) is 6.92 Å². The number of hydrogen-bond acceptors (Lipinski definition) is 4. The number of likely N-dealkylation sites (N-methyl/N-ethyl adjacent to an activating group) is 1. The molecule has 0 radical (unpaired) electrons. The van der Waals surface area contributed by atoms with Crippen molar-refractivity contribution in [3.63, 3.8) is 0 Å². The van der Waals surface area contributed by atoms with Gasteiger partial charge in [-0.05, 0) is 25.9 Å². The highest BCUT2D eigenvalue weighted by Crippen LogP contribution is 2.13. The van der Waals surface area contributed by atoms with Crippen LogP contribution in [0.2, 0.25) is 5.15 Å². The van der Waals surface area contributed by atoms with Crippen LogP contribution in [0, 0.1) is 0 Å². The van der Waals surface area contributed by atoms with Gasteiger partial charge in [0.1, 0.15) is 0 Å². The number of rotatable bonds is 5. The summed E-state index contributed by atoms with van der Waals surface area (Å²) in [6.45, 7) is 6.68. The average molecular weight is 300 g/mol. The van der Waals surface area contributed by atoms with Crippen LogP contribution >= 0.6 is 11.6 Å². The predicted molar refractivity (Wildman–Crippen MR) is 79.2 cm³/mol. The van der Waals surface area contributed by atoms with Crippen molar-refractivity contribution in [1.29, 1.82) is 0 Å². The third-order valence-corrected chi connectivity index (χ3v) is 3.87. The maximum absolute atomic E-state index is 12.2. The standard InChI is InChI=1S/C13H22ClN5O/c1-3-8-11(14)19-12(17-8)13(20)18-9-5-6-15-7-10(9)16-4-2/h9-10,15-16H,3-7H2,1-2H3,(H,17,19)(H,18,20). The topological polar surface area (TPSA) is 81.8 Å². The van der Waals surface area contributed by atoms with Gasteiger partial charge in [0.15, 0.2) is 11.0 Å². The van der Waals surface area contributed by atoms with Crippen LogP contribution in [0.15, 0.2) is 0 Å². The molecule has 7 heteroatoms. The number of nitrogens with zero attached hydrogens (tertiary/aromatic N) is 1. The number of nitrogens with one attached hydrogen (secondary N) is 4. The van der Waals surface area contributed by atoms with Crippen molar-refractivity contribution in [2.24, 2.45) is 0 Å². The molecule has 2 heterocycles. The Balaban J connectivity index is 2.01. The van der Waals surface area contributed by atoms with Crippen molar-refractivity contribution in [3.05, 3.63) is 16.7 Å². The normalized spacial score (nSPS) is 22.8. The van der Waals surface area contributed by atoms with Crippen molar-refractivity contribution < 1.29 is 4.79 Å². The fraction of sp³-hybridized carbons (Fsp3) is 0.692. The number of halogens is 1. The minimum atomic E-state index is -0.193. The highest BCUT2D eigenvalue weighted by Gasteiger charge is 2.27. The third-order valence-electron chi connectivity index (χ3n) is 3.56. The Bertz CT molecular complexity index is 460. The zero-order chi connectivity index (χ0) is 14.5. The smallest absolute Gasteiger partial charge is 0.287 e. The SMILES string of the molecule is CCNC1CNCCC1NC(=O)c1nc(Cl)c(CC)[nH]1. The van der Waals surface area contributed by atoms with Crippen molar-refractivity contribution in [3.8, 4) is 0 Å². The molecule has 2 unspecified atom stereocenters. The Kier molecular flexibility index (Phi) is 5.39. The van der Waals surface area contributed by atoms with E-state index in [4.69, 9.17) is 11.6 Å². The van der Waals surface area contributed by atoms with Crippen LogP contribution < -0.4 is 16.0 Å². The van der Waals surface area contributed by atoms with Crippen LogP contribution in [-0.2, 0) is 6.42 Å². The Morgan fingerprint density at radius 2 is 2.25 bits per heavy atom. The van der Waals surface area contributed by atoms with Crippen LogP contribution in [0.4, 0.5) is 0 Å². The number of imidazole rings is 1. The summed E-state index contributed by atoms with van der Waals surface area (Å²) in [6.07, 6.45) is 1.63. The molecule has 0 saturated carbocycles. The van der Waals surface area contributed by atoms with E-state index in [1.54, 1.807) is 0 Å². The molecule has 2 rings (SSSR count). The summed E-state index contributed by atoms with van der Waals surface area (Å²) in [6, 6.07) is 0.353. The maximum Gasteiger partial charge on any atom is 0.287 e. The number of amides is 1. The molecule has 112 valence electrons. The molecule has 20 heavy (non-hydrogen) atoms. The fourth-order valence-corrected chi connectivity index (χ4v) is 2.74. The van der Waals surface area contributed by atoms with E-state index in [0.29, 0.717) is 11.0 Å². The second-order valence-corrected chi connectivity index (χ2v) is 5.30. The van der Waals surface area contributed by atoms with E-state index in [2.05, 4.69) is 32.8 Å². The number of carbonyl (C=O) groups is 1. The van der Waals surface area contributed by atoms with E-state index in [1.165, 1.54) is 0 Å². The van der Waals surface area contributed by atoms with Gasteiger partial charge in [-0.2, -0.15) is 0 Å². The second kappa shape index (κ2) is 7.06. The van der Waals surface area contributed by atoms with Gasteiger partial charge in [-0.25, -0.2) is 4.98 Å². The summed E-state index contributed by atoms with van der Waals surface area (Å²) in [5, 5.41) is 10.1. The summed E-state index contributed by atoms with van der Waals surface area (Å²) < 4.78 is 0. The van der Waals surface area contributed by atoms with Gasteiger partial charge in [0, 0.05) is 18.6 Å². The van der Waals surface area contributed by atoms with Crippen molar-refractivity contribution in [2.75, 3.05) is 19.6 Å². The Hall–Kier alpha value is -1.11. The van der Waals surface area contributed by atoms with Crippen LogP contribution in [0.25, 0.3) is 0 Å². The molecule has 0 spiro atoms. The summed E-state index contributed by atoms with van der Waals surface area (Å²) in [7, 11) is 0. The fourth-order valence-electron chi connectivity index (χ4n) is 2.47. The molecule has 0 bridgehead atoms. The summed E-state index contributed by atoms with van der Waals surface area (Å²) >= 11 is 5.97. The zero-order valence-electron chi connectivity index (χ0n) is 11.9. The van der Waals surface area contributed by atoms with E-state index < -0.39 is 0 Å². The molecule has 1 fully saturated rings. The van der Waals surface area contributed by atoms with Gasteiger partial charge >= 0.3 is 0 Å². The molecule has 0 aliphatic carbocycles. The molecular weight excluding hydrogens is 278 g/mol. The molecule has 0 aromatic carbocycles. The van der Waals surface area contributed by atoms with E-state index in [0.717, 1.165) is 38.2 Å². The first-order chi connectivity index (χ1) is 9.65. The van der Waals surface area contributed by atoms with Gasteiger partial charge in [0.05, 0.1) is 5.69 Å². The monoisotopic (exact) mass is 299 g/mol. The van der Waals surface area contributed by atoms with Gasteiger partial charge < -0.3 is 20.9 Å². The van der Waals surface area contributed by atoms with Crippen molar-refractivity contribution in [1.82, 2.24) is 25.9 Å². The van der Waals surface area contributed by atoms with Crippen molar-refractivity contribution in [2.45, 2.75) is 38.8 Å². The van der Waals surface area contributed by atoms with Gasteiger partial charge in [-0.3, -0.25) is 4.79 Å². The first-order valence-electron chi connectivity index (χ1n) is 7.15. The highest BCUT2D eigenvalue weighted by molar-refractivity contribution is 6.30. The average Bonchev–Trinajstić information content (AvgIpc) is 2.82.